The average molecular weight is 250 g/mol. The van der Waals surface area contributed by atoms with Crippen LogP contribution in [0.15, 0.2) is 9.98 Å². The average Bonchev–Trinajstić information content (AvgIpc) is 2.35. The SMILES string of the molecule is CCN=C(N)N(C#N)N(C#N)C(=NCC)NCC. The van der Waals surface area contributed by atoms with Crippen molar-refractivity contribution in [2.45, 2.75) is 20.8 Å². The molecule has 0 bridgehead atoms. The first-order chi connectivity index (χ1) is 8.65. The van der Waals surface area contributed by atoms with Gasteiger partial charge in [-0.05, 0) is 20.8 Å². The Kier molecular flexibility index (Phi) is 7.46. The number of nitriles is 2. The van der Waals surface area contributed by atoms with Crippen molar-refractivity contribution in [3.8, 4) is 12.4 Å². The van der Waals surface area contributed by atoms with E-state index in [9.17, 15) is 0 Å². The Morgan fingerprint density at radius 2 is 1.67 bits per heavy atom. The first-order valence-electron chi connectivity index (χ1n) is 5.63. The van der Waals surface area contributed by atoms with Gasteiger partial charge in [0.05, 0.1) is 0 Å². The van der Waals surface area contributed by atoms with Gasteiger partial charge < -0.3 is 11.1 Å². The topological polar surface area (TPSA) is 117 Å². The maximum absolute atomic E-state index is 9.12. The van der Waals surface area contributed by atoms with Crippen LogP contribution >= 0.6 is 0 Å². The Labute approximate surface area is 107 Å². The van der Waals surface area contributed by atoms with Gasteiger partial charge in [0.15, 0.2) is 0 Å². The molecule has 0 spiro atoms. The second-order valence-electron chi connectivity index (χ2n) is 2.98. The molecule has 3 N–H and O–H groups in total. The van der Waals surface area contributed by atoms with Crippen LogP contribution in [-0.4, -0.2) is 41.6 Å². The molecule has 0 rings (SSSR count). The molecule has 8 heteroatoms. The number of nitrogens with one attached hydrogen (secondary N) is 1. The number of aliphatic imine (C=N–C) groups is 2. The molecular weight excluding hydrogens is 232 g/mol. The summed E-state index contributed by atoms with van der Waals surface area (Å²) in [6, 6.07) is 0. The summed E-state index contributed by atoms with van der Waals surface area (Å²) in [7, 11) is 0. The van der Waals surface area contributed by atoms with E-state index in [1.54, 1.807) is 13.1 Å². The molecule has 0 aromatic heterocycles. The molecule has 0 aliphatic heterocycles. The molecule has 0 saturated heterocycles. The van der Waals surface area contributed by atoms with Gasteiger partial charge in [-0.15, -0.1) is 10.0 Å². The number of guanidine groups is 2. The van der Waals surface area contributed by atoms with E-state index in [4.69, 9.17) is 16.3 Å². The van der Waals surface area contributed by atoms with Gasteiger partial charge in [-0.2, -0.15) is 10.5 Å². The highest BCUT2D eigenvalue weighted by atomic mass is 15.7. The second-order valence-corrected chi connectivity index (χ2v) is 2.98. The predicted octanol–water partition coefficient (Wildman–Crippen LogP) is -0.212. The third kappa shape index (κ3) is 4.18. The number of hydrazine groups is 1. The summed E-state index contributed by atoms with van der Waals surface area (Å²) >= 11 is 0. The minimum atomic E-state index is -0.0525. The molecule has 0 radical (unpaired) electrons. The van der Waals surface area contributed by atoms with Gasteiger partial charge in [0, 0.05) is 19.6 Å². The van der Waals surface area contributed by atoms with Crippen molar-refractivity contribution in [3.05, 3.63) is 0 Å². The van der Waals surface area contributed by atoms with Crippen molar-refractivity contribution in [3.63, 3.8) is 0 Å². The largest absolute Gasteiger partial charge is 0.367 e. The van der Waals surface area contributed by atoms with Crippen LogP contribution < -0.4 is 11.1 Å². The molecule has 0 amide bonds. The van der Waals surface area contributed by atoms with Crippen LogP contribution in [-0.2, 0) is 0 Å². The van der Waals surface area contributed by atoms with Crippen LogP contribution in [0.4, 0.5) is 0 Å². The molecule has 8 nitrogen and oxygen atoms in total. The van der Waals surface area contributed by atoms with Crippen molar-refractivity contribution in [1.82, 2.24) is 15.3 Å². The molecule has 0 aliphatic carbocycles. The maximum atomic E-state index is 9.12. The molecule has 0 aromatic rings. The lowest BCUT2D eigenvalue weighted by atomic mass is 10.6. The van der Waals surface area contributed by atoms with Crippen molar-refractivity contribution in [2.75, 3.05) is 19.6 Å². The van der Waals surface area contributed by atoms with E-state index in [-0.39, 0.29) is 11.9 Å². The van der Waals surface area contributed by atoms with Crippen molar-refractivity contribution >= 4 is 11.9 Å². The third-order valence-corrected chi connectivity index (χ3v) is 1.77. The van der Waals surface area contributed by atoms with Crippen LogP contribution in [0.1, 0.15) is 20.8 Å². The fourth-order valence-corrected chi connectivity index (χ4v) is 1.12. The first-order valence-corrected chi connectivity index (χ1v) is 5.63. The first kappa shape index (κ1) is 15.5. The zero-order chi connectivity index (χ0) is 14.0. The van der Waals surface area contributed by atoms with E-state index in [1.165, 1.54) is 0 Å². The van der Waals surface area contributed by atoms with Crippen LogP contribution in [0.2, 0.25) is 0 Å². The highest BCUT2D eigenvalue weighted by molar-refractivity contribution is 5.87. The van der Waals surface area contributed by atoms with E-state index in [0.29, 0.717) is 19.6 Å². The number of rotatable bonds is 3. The van der Waals surface area contributed by atoms with Gasteiger partial charge >= 0.3 is 0 Å². The standard InChI is InChI=1S/C10H18N8/c1-4-14-9(13)17(7-11)18(8-12)10(15-5-2)16-6-3/h4-6H2,1-3H3,(H2,13,14)(H,15,16). The van der Waals surface area contributed by atoms with Crippen LogP contribution in [0.3, 0.4) is 0 Å². The lowest BCUT2D eigenvalue weighted by Crippen LogP contribution is -2.52. The fourth-order valence-electron chi connectivity index (χ4n) is 1.12. The Morgan fingerprint density at radius 1 is 1.11 bits per heavy atom. The van der Waals surface area contributed by atoms with Gasteiger partial charge in [-0.25, -0.2) is 0 Å². The summed E-state index contributed by atoms with van der Waals surface area (Å²) in [6.45, 7) is 6.94. The van der Waals surface area contributed by atoms with E-state index >= 15 is 0 Å². The highest BCUT2D eigenvalue weighted by Gasteiger charge is 2.21. The van der Waals surface area contributed by atoms with Gasteiger partial charge in [0.25, 0.3) is 0 Å². The molecular formula is C10H18N8. The quantitative estimate of drug-likeness (QED) is 0.235. The lowest BCUT2D eigenvalue weighted by Gasteiger charge is -2.25. The Bertz CT molecular complexity index is 386. The van der Waals surface area contributed by atoms with Crippen LogP contribution in [0.5, 0.6) is 0 Å². The second kappa shape index (κ2) is 8.65. The smallest absolute Gasteiger partial charge is 0.228 e. The molecule has 0 heterocycles. The van der Waals surface area contributed by atoms with Crippen LogP contribution in [0.25, 0.3) is 0 Å². The molecule has 0 atom stereocenters. The third-order valence-electron chi connectivity index (χ3n) is 1.77. The van der Waals surface area contributed by atoms with E-state index in [0.717, 1.165) is 10.0 Å². The normalized spacial score (nSPS) is 11.4. The lowest BCUT2D eigenvalue weighted by molar-refractivity contribution is 0.281. The Morgan fingerprint density at radius 3 is 2.06 bits per heavy atom. The van der Waals surface area contributed by atoms with Crippen molar-refractivity contribution in [2.24, 2.45) is 15.7 Å². The summed E-state index contributed by atoms with van der Waals surface area (Å²) in [6.07, 6.45) is 3.64. The molecule has 0 unspecified atom stereocenters. The number of hydrogen-bond donors (Lipinski definition) is 2. The summed E-state index contributed by atoms with van der Waals surface area (Å²) in [5, 5.41) is 22.9. The Hall–Kier alpha value is -2.48. The Balaban J connectivity index is 5.27. The number of nitrogens with zero attached hydrogens (tertiary/aromatic N) is 6. The van der Waals surface area contributed by atoms with Gasteiger partial charge in [-0.1, -0.05) is 0 Å². The summed E-state index contributed by atoms with van der Waals surface area (Å²) in [5.74, 6) is 0.210. The molecule has 0 saturated carbocycles. The highest BCUT2D eigenvalue weighted by Crippen LogP contribution is 1.97. The van der Waals surface area contributed by atoms with Gasteiger partial charge in [-0.3, -0.25) is 9.98 Å². The minimum absolute atomic E-state index is 0.0525. The summed E-state index contributed by atoms with van der Waals surface area (Å²) in [5.41, 5.74) is 5.62. The number of hydrogen-bond acceptors (Lipinski definition) is 4. The molecule has 0 aromatic carbocycles. The van der Waals surface area contributed by atoms with Crippen molar-refractivity contribution < 1.29 is 0 Å². The fraction of sp³-hybridized carbons (Fsp3) is 0.600. The maximum Gasteiger partial charge on any atom is 0.228 e. The van der Waals surface area contributed by atoms with E-state index in [1.807, 2.05) is 20.0 Å². The zero-order valence-corrected chi connectivity index (χ0v) is 10.9. The number of nitrogens with two attached hydrogens (primary N) is 1. The van der Waals surface area contributed by atoms with Crippen LogP contribution in [0, 0.1) is 22.9 Å². The minimum Gasteiger partial charge on any atom is -0.367 e. The van der Waals surface area contributed by atoms with Gasteiger partial charge in [0.2, 0.25) is 24.3 Å². The molecule has 0 aliphatic rings. The predicted molar refractivity (Wildman–Crippen MR) is 68.7 cm³/mol. The summed E-state index contributed by atoms with van der Waals surface area (Å²) < 4.78 is 0. The van der Waals surface area contributed by atoms with E-state index in [2.05, 4.69) is 15.3 Å². The molecule has 98 valence electrons. The van der Waals surface area contributed by atoms with Gasteiger partial charge in [0.1, 0.15) is 0 Å². The van der Waals surface area contributed by atoms with E-state index < -0.39 is 0 Å². The van der Waals surface area contributed by atoms with Crippen molar-refractivity contribution in [1.29, 1.82) is 10.5 Å². The monoisotopic (exact) mass is 250 g/mol. The summed E-state index contributed by atoms with van der Waals surface area (Å²) in [4.78, 5) is 7.99. The molecule has 0 fully saturated rings. The molecule has 18 heavy (non-hydrogen) atoms. The zero-order valence-electron chi connectivity index (χ0n) is 10.9.